The Hall–Kier alpha value is -2.46. The van der Waals surface area contributed by atoms with E-state index in [-0.39, 0.29) is 12.4 Å². The summed E-state index contributed by atoms with van der Waals surface area (Å²) in [6.45, 7) is 1.57. The van der Waals surface area contributed by atoms with Crippen LogP contribution in [-0.4, -0.2) is 30.0 Å². The maximum Gasteiger partial charge on any atom is 0.363 e. The summed E-state index contributed by atoms with van der Waals surface area (Å²) in [7, 11) is -2.75. The van der Waals surface area contributed by atoms with Crippen LogP contribution in [0.1, 0.15) is 11.4 Å². The van der Waals surface area contributed by atoms with Gasteiger partial charge in [0, 0.05) is 6.92 Å². The molecule has 2 aromatic rings. The van der Waals surface area contributed by atoms with Crippen molar-refractivity contribution in [1.82, 2.24) is 9.55 Å². The van der Waals surface area contributed by atoms with Crippen LogP contribution in [0.15, 0.2) is 29.3 Å². The molecule has 0 atom stereocenters. The molecule has 0 saturated carbocycles. The molecule has 0 spiro atoms. The fourth-order valence-corrected chi connectivity index (χ4v) is 2.69. The lowest BCUT2D eigenvalue weighted by Crippen LogP contribution is -2.15. The standard InChI is InChI=1S/C12H14N4O5S/c1-8-14-11(22(13,19)20)12(16(17)18)15(8)7-9-3-5-10(21-2)6-4-9/h3-6H,7H2,1-2H3,(H2,13,19,20). The molecule has 1 heterocycles. The van der Waals surface area contributed by atoms with E-state index in [1.165, 1.54) is 18.6 Å². The van der Waals surface area contributed by atoms with Gasteiger partial charge in [0.15, 0.2) is 5.82 Å². The summed E-state index contributed by atoms with van der Waals surface area (Å²) in [5, 5.41) is 15.4. The second-order valence-corrected chi connectivity index (χ2v) is 6.00. The predicted molar refractivity (Wildman–Crippen MR) is 77.1 cm³/mol. The first-order valence-corrected chi connectivity index (χ1v) is 7.66. The Morgan fingerprint density at radius 3 is 2.41 bits per heavy atom. The summed E-state index contributed by atoms with van der Waals surface area (Å²) in [4.78, 5) is 14.1. The summed E-state index contributed by atoms with van der Waals surface area (Å²) in [5.74, 6) is 0.188. The Labute approximate surface area is 126 Å². The molecule has 0 aliphatic carbocycles. The molecule has 0 amide bonds. The molecule has 2 N–H and O–H groups in total. The second-order valence-electron chi connectivity index (χ2n) is 4.52. The van der Waals surface area contributed by atoms with Crippen LogP contribution < -0.4 is 9.88 Å². The van der Waals surface area contributed by atoms with Crippen LogP contribution in [0.25, 0.3) is 0 Å². The zero-order valence-corrected chi connectivity index (χ0v) is 12.7. The van der Waals surface area contributed by atoms with E-state index in [4.69, 9.17) is 9.88 Å². The molecule has 0 saturated heterocycles. The van der Waals surface area contributed by atoms with Crippen molar-refractivity contribution >= 4 is 15.8 Å². The topological polar surface area (TPSA) is 130 Å². The third kappa shape index (κ3) is 3.07. The van der Waals surface area contributed by atoms with Crippen LogP contribution in [0.5, 0.6) is 5.75 Å². The van der Waals surface area contributed by atoms with Gasteiger partial charge >= 0.3 is 5.82 Å². The molecule has 118 valence electrons. The fourth-order valence-electron chi connectivity index (χ4n) is 2.00. The first-order valence-electron chi connectivity index (χ1n) is 6.11. The highest BCUT2D eigenvalue weighted by molar-refractivity contribution is 7.89. The Morgan fingerprint density at radius 1 is 1.36 bits per heavy atom. The zero-order valence-electron chi connectivity index (χ0n) is 11.9. The number of nitrogens with two attached hydrogens (primary N) is 1. The molecule has 0 aliphatic rings. The van der Waals surface area contributed by atoms with Crippen LogP contribution in [0, 0.1) is 17.0 Å². The molecular weight excluding hydrogens is 312 g/mol. The number of sulfonamides is 1. The van der Waals surface area contributed by atoms with Crippen molar-refractivity contribution < 1.29 is 18.1 Å². The van der Waals surface area contributed by atoms with Crippen LogP contribution >= 0.6 is 0 Å². The highest BCUT2D eigenvalue weighted by atomic mass is 32.2. The lowest BCUT2D eigenvalue weighted by Gasteiger charge is -2.05. The largest absolute Gasteiger partial charge is 0.497 e. The number of benzene rings is 1. The van der Waals surface area contributed by atoms with Gasteiger partial charge in [0.25, 0.3) is 15.0 Å². The smallest absolute Gasteiger partial charge is 0.363 e. The minimum atomic E-state index is -4.28. The molecule has 0 radical (unpaired) electrons. The van der Waals surface area contributed by atoms with Crippen LogP contribution in [0.4, 0.5) is 5.82 Å². The first kappa shape index (κ1) is 15.9. The van der Waals surface area contributed by atoms with Gasteiger partial charge < -0.3 is 14.9 Å². The van der Waals surface area contributed by atoms with E-state index < -0.39 is 25.8 Å². The van der Waals surface area contributed by atoms with Crippen LogP contribution in [-0.2, 0) is 16.6 Å². The van der Waals surface area contributed by atoms with Crippen LogP contribution in [0.2, 0.25) is 0 Å². The van der Waals surface area contributed by atoms with E-state index in [1.807, 2.05) is 0 Å². The molecule has 0 aliphatic heterocycles. The van der Waals surface area contributed by atoms with E-state index in [0.29, 0.717) is 5.75 Å². The lowest BCUT2D eigenvalue weighted by molar-refractivity contribution is -0.395. The van der Waals surface area contributed by atoms with Gasteiger partial charge in [-0.3, -0.25) is 0 Å². The third-order valence-electron chi connectivity index (χ3n) is 3.04. The van der Waals surface area contributed by atoms with Gasteiger partial charge in [0.05, 0.1) is 7.11 Å². The van der Waals surface area contributed by atoms with E-state index in [9.17, 15) is 18.5 Å². The average Bonchev–Trinajstić information content (AvgIpc) is 2.77. The van der Waals surface area contributed by atoms with Gasteiger partial charge in [-0.2, -0.15) is 4.98 Å². The van der Waals surface area contributed by atoms with Crippen molar-refractivity contribution in [3.05, 3.63) is 45.8 Å². The molecule has 22 heavy (non-hydrogen) atoms. The molecule has 1 aromatic carbocycles. The van der Waals surface area contributed by atoms with E-state index in [1.54, 1.807) is 24.3 Å². The monoisotopic (exact) mass is 326 g/mol. The van der Waals surface area contributed by atoms with Crippen LogP contribution in [0.3, 0.4) is 0 Å². The maximum atomic E-state index is 11.4. The van der Waals surface area contributed by atoms with Gasteiger partial charge in [-0.1, -0.05) is 12.1 Å². The van der Waals surface area contributed by atoms with Gasteiger partial charge in [0.2, 0.25) is 0 Å². The minimum absolute atomic E-state index is 0.0919. The number of methoxy groups -OCH3 is 1. The Morgan fingerprint density at radius 2 is 1.95 bits per heavy atom. The van der Waals surface area contributed by atoms with E-state index >= 15 is 0 Å². The molecular formula is C12H14N4O5S. The quantitative estimate of drug-likeness (QED) is 0.639. The van der Waals surface area contributed by atoms with Gasteiger partial charge in [-0.25, -0.2) is 18.1 Å². The van der Waals surface area contributed by atoms with Crippen molar-refractivity contribution in [2.75, 3.05) is 7.11 Å². The summed E-state index contributed by atoms with van der Waals surface area (Å²) >= 11 is 0. The number of imidazole rings is 1. The van der Waals surface area contributed by atoms with Crippen molar-refractivity contribution in [3.8, 4) is 5.75 Å². The van der Waals surface area contributed by atoms with E-state index in [0.717, 1.165) is 5.56 Å². The predicted octanol–water partition coefficient (Wildman–Crippen LogP) is 0.804. The normalized spacial score (nSPS) is 11.4. The second kappa shape index (κ2) is 5.73. The highest BCUT2D eigenvalue weighted by Gasteiger charge is 2.32. The van der Waals surface area contributed by atoms with E-state index in [2.05, 4.69) is 4.98 Å². The fraction of sp³-hybridized carbons (Fsp3) is 0.250. The molecule has 2 rings (SSSR count). The molecule has 9 nitrogen and oxygen atoms in total. The molecule has 0 fully saturated rings. The number of ether oxygens (including phenoxy) is 1. The molecule has 0 unspecified atom stereocenters. The molecule has 0 bridgehead atoms. The number of nitrogens with zero attached hydrogens (tertiary/aromatic N) is 3. The first-order chi connectivity index (χ1) is 10.2. The average molecular weight is 326 g/mol. The summed E-state index contributed by atoms with van der Waals surface area (Å²) < 4.78 is 29.1. The summed E-state index contributed by atoms with van der Waals surface area (Å²) in [6.07, 6.45) is 0. The van der Waals surface area contributed by atoms with Gasteiger partial charge in [-0.05, 0) is 22.6 Å². The number of rotatable bonds is 5. The number of aromatic nitrogens is 2. The number of hydrogen-bond donors (Lipinski definition) is 1. The summed E-state index contributed by atoms with van der Waals surface area (Å²) in [5.41, 5.74) is 0.727. The minimum Gasteiger partial charge on any atom is -0.497 e. The Kier molecular flexibility index (Phi) is 4.15. The van der Waals surface area contributed by atoms with Gasteiger partial charge in [0.1, 0.15) is 12.3 Å². The molecule has 1 aromatic heterocycles. The maximum absolute atomic E-state index is 11.4. The Balaban J connectivity index is 2.50. The molecule has 10 heteroatoms. The number of primary sulfonamides is 1. The van der Waals surface area contributed by atoms with Gasteiger partial charge in [-0.15, -0.1) is 0 Å². The number of aryl methyl sites for hydroxylation is 1. The Bertz CT molecular complexity index is 811. The SMILES string of the molecule is COc1ccc(Cn2c(C)nc(S(N)(=O)=O)c2[N+](=O)[O-])cc1. The van der Waals surface area contributed by atoms with Crippen molar-refractivity contribution in [2.45, 2.75) is 18.5 Å². The highest BCUT2D eigenvalue weighted by Crippen LogP contribution is 2.25. The third-order valence-corrected chi connectivity index (χ3v) is 3.86. The van der Waals surface area contributed by atoms with Crippen molar-refractivity contribution in [3.63, 3.8) is 0 Å². The summed E-state index contributed by atoms with van der Waals surface area (Å²) in [6, 6.07) is 6.85. The van der Waals surface area contributed by atoms with Crippen molar-refractivity contribution in [2.24, 2.45) is 5.14 Å². The van der Waals surface area contributed by atoms with Crippen molar-refractivity contribution in [1.29, 1.82) is 0 Å². The number of hydrogen-bond acceptors (Lipinski definition) is 6. The zero-order chi connectivity index (χ0) is 16.5. The lowest BCUT2D eigenvalue weighted by atomic mass is 10.2. The number of nitro groups is 1.